The van der Waals surface area contributed by atoms with E-state index < -0.39 is 10.0 Å². The van der Waals surface area contributed by atoms with E-state index >= 15 is 0 Å². The van der Waals surface area contributed by atoms with E-state index in [-0.39, 0.29) is 17.3 Å². The molecule has 0 aromatic heterocycles. The topological polar surface area (TPSA) is 75.3 Å². The lowest BCUT2D eigenvalue weighted by molar-refractivity contribution is 0.0951. The lowest BCUT2D eigenvalue weighted by Gasteiger charge is -2.10. The zero-order valence-electron chi connectivity index (χ0n) is 17.9. The minimum atomic E-state index is -3.69. The number of carbonyl (C=O) groups is 1. The first kappa shape index (κ1) is 22.5. The highest BCUT2D eigenvalue weighted by Gasteiger charge is 2.14. The Kier molecular flexibility index (Phi) is 6.98. The van der Waals surface area contributed by atoms with Crippen LogP contribution in [0.4, 0.5) is 0 Å². The van der Waals surface area contributed by atoms with Gasteiger partial charge in [0.1, 0.15) is 0 Å². The van der Waals surface area contributed by atoms with E-state index in [0.29, 0.717) is 17.7 Å². The van der Waals surface area contributed by atoms with Gasteiger partial charge in [0, 0.05) is 18.7 Å². The van der Waals surface area contributed by atoms with Crippen LogP contribution in [0, 0.1) is 0 Å². The quantitative estimate of drug-likeness (QED) is 0.401. The lowest BCUT2D eigenvalue weighted by atomic mass is 10.1. The van der Waals surface area contributed by atoms with Crippen molar-refractivity contribution >= 4 is 15.9 Å². The molecule has 0 aliphatic rings. The fourth-order valence-electron chi connectivity index (χ4n) is 3.42. The molecule has 5 nitrogen and oxygen atoms in total. The monoisotopic (exact) mass is 456 g/mol. The van der Waals surface area contributed by atoms with Gasteiger partial charge in [0.25, 0.3) is 5.91 Å². The van der Waals surface area contributed by atoms with Crippen molar-refractivity contribution in [2.45, 2.75) is 18.0 Å². The van der Waals surface area contributed by atoms with Gasteiger partial charge in [-0.2, -0.15) is 0 Å². The third-order valence-electron chi connectivity index (χ3n) is 5.22. The first-order chi connectivity index (χ1) is 16.0. The predicted molar refractivity (Wildman–Crippen MR) is 130 cm³/mol. The van der Waals surface area contributed by atoms with Crippen molar-refractivity contribution in [2.24, 2.45) is 0 Å². The van der Waals surface area contributed by atoms with Gasteiger partial charge in [-0.05, 0) is 46.5 Å². The van der Waals surface area contributed by atoms with Gasteiger partial charge in [-0.15, -0.1) is 0 Å². The van der Waals surface area contributed by atoms with Crippen LogP contribution in [0.5, 0.6) is 0 Å². The van der Waals surface area contributed by atoms with E-state index in [9.17, 15) is 13.2 Å². The molecule has 4 aromatic carbocycles. The summed E-state index contributed by atoms with van der Waals surface area (Å²) in [5, 5.41) is 2.88. The molecule has 4 aromatic rings. The number of nitrogens with one attached hydrogen (secondary N) is 2. The molecule has 0 atom stereocenters. The maximum absolute atomic E-state index is 12.7. The number of benzene rings is 4. The van der Waals surface area contributed by atoms with Crippen LogP contribution in [0.15, 0.2) is 114 Å². The standard InChI is InChI=1S/C27H24N2O3S/c30-27(28-19-21-8-3-1-4-9-21)25-13-7-10-22(18-25)20-29-33(31,32)26-16-14-24(15-17-26)23-11-5-2-6-12-23/h1-18,29H,19-20H2,(H,28,30). The van der Waals surface area contributed by atoms with Gasteiger partial charge in [0.2, 0.25) is 10.0 Å². The Morgan fingerprint density at radius 1 is 0.636 bits per heavy atom. The fraction of sp³-hybridized carbons (Fsp3) is 0.0741. The predicted octanol–water partition coefficient (Wildman–Crippen LogP) is 4.76. The van der Waals surface area contributed by atoms with E-state index in [1.165, 1.54) is 0 Å². The molecule has 0 saturated heterocycles. The number of hydrogen-bond donors (Lipinski definition) is 2. The average Bonchev–Trinajstić information content (AvgIpc) is 2.87. The van der Waals surface area contributed by atoms with Crippen molar-refractivity contribution < 1.29 is 13.2 Å². The summed E-state index contributed by atoms with van der Waals surface area (Å²) in [5.74, 6) is -0.208. The Morgan fingerprint density at radius 3 is 1.94 bits per heavy atom. The van der Waals surface area contributed by atoms with Gasteiger partial charge in [-0.1, -0.05) is 84.9 Å². The molecule has 1 amide bonds. The molecule has 0 radical (unpaired) electrons. The van der Waals surface area contributed by atoms with Crippen molar-refractivity contribution in [3.8, 4) is 11.1 Å². The maximum atomic E-state index is 12.7. The number of rotatable bonds is 8. The molecule has 0 aliphatic heterocycles. The summed E-state index contributed by atoms with van der Waals surface area (Å²) in [5.41, 5.74) is 4.16. The van der Waals surface area contributed by atoms with E-state index in [2.05, 4.69) is 10.0 Å². The van der Waals surface area contributed by atoms with E-state index in [0.717, 1.165) is 16.7 Å². The first-order valence-electron chi connectivity index (χ1n) is 10.6. The molecule has 2 N–H and O–H groups in total. The highest BCUT2D eigenvalue weighted by molar-refractivity contribution is 7.89. The Labute approximate surface area is 194 Å². The number of carbonyl (C=O) groups excluding carboxylic acids is 1. The molecule has 4 rings (SSSR count). The second-order valence-corrected chi connectivity index (χ2v) is 9.35. The van der Waals surface area contributed by atoms with Crippen molar-refractivity contribution in [1.29, 1.82) is 0 Å². The van der Waals surface area contributed by atoms with Crippen LogP contribution in [0.2, 0.25) is 0 Å². The Morgan fingerprint density at radius 2 is 1.24 bits per heavy atom. The summed E-state index contributed by atoms with van der Waals surface area (Å²) in [6, 6.07) is 33.1. The first-order valence-corrected chi connectivity index (χ1v) is 12.1. The summed E-state index contributed by atoms with van der Waals surface area (Å²) in [7, 11) is -3.69. The molecule has 0 fully saturated rings. The minimum Gasteiger partial charge on any atom is -0.348 e. The van der Waals surface area contributed by atoms with Crippen LogP contribution < -0.4 is 10.0 Å². The third kappa shape index (κ3) is 5.94. The van der Waals surface area contributed by atoms with Crippen LogP contribution in [-0.2, 0) is 23.1 Å². The van der Waals surface area contributed by atoms with Crippen LogP contribution in [-0.4, -0.2) is 14.3 Å². The third-order valence-corrected chi connectivity index (χ3v) is 6.64. The SMILES string of the molecule is O=C(NCc1ccccc1)c1cccc(CNS(=O)(=O)c2ccc(-c3ccccc3)cc2)c1. The number of amides is 1. The number of hydrogen-bond acceptors (Lipinski definition) is 3. The zero-order valence-corrected chi connectivity index (χ0v) is 18.8. The smallest absolute Gasteiger partial charge is 0.251 e. The van der Waals surface area contributed by atoms with Crippen molar-refractivity contribution in [3.63, 3.8) is 0 Å². The summed E-state index contributed by atoms with van der Waals surface area (Å²) >= 11 is 0. The highest BCUT2D eigenvalue weighted by atomic mass is 32.2. The van der Waals surface area contributed by atoms with E-state index in [4.69, 9.17) is 0 Å². The zero-order chi connectivity index (χ0) is 23.1. The van der Waals surface area contributed by atoms with Crippen LogP contribution >= 0.6 is 0 Å². The Hall–Kier alpha value is -3.74. The summed E-state index contributed by atoms with van der Waals surface area (Å²) in [6.07, 6.45) is 0. The van der Waals surface area contributed by atoms with Crippen LogP contribution in [0.3, 0.4) is 0 Å². The van der Waals surface area contributed by atoms with E-state index in [1.54, 1.807) is 48.5 Å². The number of sulfonamides is 1. The van der Waals surface area contributed by atoms with E-state index in [1.807, 2.05) is 60.7 Å². The van der Waals surface area contributed by atoms with Gasteiger partial charge >= 0.3 is 0 Å². The molecular weight excluding hydrogens is 432 g/mol. The summed E-state index contributed by atoms with van der Waals surface area (Å²) in [6.45, 7) is 0.512. The fourth-order valence-corrected chi connectivity index (χ4v) is 4.44. The maximum Gasteiger partial charge on any atom is 0.251 e. The molecule has 0 aliphatic carbocycles. The largest absolute Gasteiger partial charge is 0.348 e. The van der Waals surface area contributed by atoms with Gasteiger partial charge in [-0.25, -0.2) is 13.1 Å². The van der Waals surface area contributed by atoms with Gasteiger partial charge in [0.15, 0.2) is 0 Å². The van der Waals surface area contributed by atoms with Gasteiger partial charge in [-0.3, -0.25) is 4.79 Å². The normalized spacial score (nSPS) is 11.2. The molecule has 0 unspecified atom stereocenters. The lowest BCUT2D eigenvalue weighted by Crippen LogP contribution is -2.24. The molecule has 33 heavy (non-hydrogen) atoms. The van der Waals surface area contributed by atoms with Crippen LogP contribution in [0.25, 0.3) is 11.1 Å². The van der Waals surface area contributed by atoms with Gasteiger partial charge < -0.3 is 5.32 Å². The molecule has 0 spiro atoms. The molecule has 0 heterocycles. The molecule has 0 bridgehead atoms. The van der Waals surface area contributed by atoms with Crippen molar-refractivity contribution in [2.75, 3.05) is 0 Å². The Bertz CT molecular complexity index is 1320. The molecule has 6 heteroatoms. The molecule has 166 valence electrons. The van der Waals surface area contributed by atoms with Crippen molar-refractivity contribution in [3.05, 3.63) is 126 Å². The average molecular weight is 457 g/mol. The minimum absolute atomic E-state index is 0.0859. The Balaban J connectivity index is 1.38. The summed E-state index contributed by atoms with van der Waals surface area (Å²) < 4.78 is 28.1. The van der Waals surface area contributed by atoms with Gasteiger partial charge in [0.05, 0.1) is 4.90 Å². The van der Waals surface area contributed by atoms with Crippen molar-refractivity contribution in [1.82, 2.24) is 10.0 Å². The molecular formula is C27H24N2O3S. The summed E-state index contributed by atoms with van der Waals surface area (Å²) in [4.78, 5) is 12.7. The molecule has 0 saturated carbocycles. The second kappa shape index (κ2) is 10.3. The second-order valence-electron chi connectivity index (χ2n) is 7.58. The highest BCUT2D eigenvalue weighted by Crippen LogP contribution is 2.21. The van der Waals surface area contributed by atoms with Crippen LogP contribution in [0.1, 0.15) is 21.5 Å².